The Hall–Kier alpha value is 0. The van der Waals surface area contributed by atoms with Crippen molar-refractivity contribution in [3.63, 3.8) is 0 Å². The summed E-state index contributed by atoms with van der Waals surface area (Å²) in [6.45, 7) is 5.50. The molecule has 11 aliphatic rings. The van der Waals surface area contributed by atoms with Gasteiger partial charge >= 0.3 is 0 Å². The van der Waals surface area contributed by atoms with Crippen LogP contribution in [0.25, 0.3) is 0 Å². The molecule has 0 aromatic rings. The van der Waals surface area contributed by atoms with Crippen molar-refractivity contribution in [2.45, 2.75) is 168 Å². The number of fused-ring (bicyclic) bond motifs is 9. The molecule has 20 unspecified atom stereocenters. The minimum atomic E-state index is 0.633. The lowest BCUT2D eigenvalue weighted by atomic mass is 9.54. The second kappa shape index (κ2) is 11.5. The number of hydrogen-bond donors (Lipinski definition) is 0. The third-order valence-corrected chi connectivity index (χ3v) is 21.4. The molecule has 0 aromatic heterocycles. The minimum absolute atomic E-state index is 0.633. The van der Waals surface area contributed by atoms with E-state index in [1.807, 2.05) is 0 Å². The van der Waals surface area contributed by atoms with Gasteiger partial charge < -0.3 is 0 Å². The van der Waals surface area contributed by atoms with Crippen molar-refractivity contribution in [3.05, 3.63) is 0 Å². The fourth-order valence-electron chi connectivity index (χ4n) is 20.2. The molecule has 11 rings (SSSR count). The summed E-state index contributed by atoms with van der Waals surface area (Å²) in [5.41, 5.74) is 0.633. The molecule has 0 aliphatic heterocycles. The Bertz CT molecular complexity index is 1160. The molecule has 0 spiro atoms. The summed E-state index contributed by atoms with van der Waals surface area (Å²) in [6.07, 6.45) is 39.0. The number of rotatable bonds is 2. The largest absolute Gasteiger partial charge is 0.0594 e. The Morgan fingerprint density at radius 1 is 0.277 bits per heavy atom. The van der Waals surface area contributed by atoms with E-state index in [-0.39, 0.29) is 0 Å². The van der Waals surface area contributed by atoms with Crippen molar-refractivity contribution < 1.29 is 0 Å². The van der Waals surface area contributed by atoms with Crippen molar-refractivity contribution in [3.8, 4) is 0 Å². The van der Waals surface area contributed by atoms with E-state index in [2.05, 4.69) is 13.8 Å². The zero-order valence-corrected chi connectivity index (χ0v) is 31.0. The molecule has 0 radical (unpaired) electrons. The van der Waals surface area contributed by atoms with E-state index in [0.29, 0.717) is 5.41 Å². The maximum atomic E-state index is 2.75. The number of hydrogen-bond acceptors (Lipinski definition) is 0. The van der Waals surface area contributed by atoms with Crippen LogP contribution in [-0.2, 0) is 0 Å². The van der Waals surface area contributed by atoms with Crippen LogP contribution in [0.15, 0.2) is 0 Å². The van der Waals surface area contributed by atoms with Gasteiger partial charge in [-0.2, -0.15) is 0 Å². The first-order chi connectivity index (χ1) is 23.1. The van der Waals surface area contributed by atoms with Gasteiger partial charge in [-0.25, -0.2) is 0 Å². The van der Waals surface area contributed by atoms with Crippen molar-refractivity contribution in [2.75, 3.05) is 0 Å². The quantitative estimate of drug-likeness (QED) is 0.282. The summed E-state index contributed by atoms with van der Waals surface area (Å²) in [5, 5.41) is 0. The van der Waals surface area contributed by atoms with E-state index in [1.165, 1.54) is 30.1 Å². The lowest BCUT2D eigenvalue weighted by Crippen LogP contribution is -2.43. The zero-order valence-electron chi connectivity index (χ0n) is 31.0. The van der Waals surface area contributed by atoms with Crippen molar-refractivity contribution >= 4 is 0 Å². The molecule has 0 aromatic carbocycles. The van der Waals surface area contributed by atoms with Gasteiger partial charge in [0.1, 0.15) is 0 Å². The fraction of sp³-hybridized carbons (Fsp3) is 1.00. The second-order valence-corrected chi connectivity index (χ2v) is 22.3. The minimum Gasteiger partial charge on any atom is -0.0594 e. The van der Waals surface area contributed by atoms with E-state index >= 15 is 0 Å². The highest BCUT2D eigenvalue weighted by atomic mass is 14.7. The molecule has 47 heavy (non-hydrogen) atoms. The van der Waals surface area contributed by atoms with Crippen LogP contribution in [0.2, 0.25) is 0 Å². The molecule has 0 N–H and O–H groups in total. The second-order valence-electron chi connectivity index (χ2n) is 22.3. The normalized spacial score (nSPS) is 60.4. The zero-order chi connectivity index (χ0) is 31.0. The van der Waals surface area contributed by atoms with Crippen LogP contribution in [0.1, 0.15) is 168 Å². The van der Waals surface area contributed by atoms with Gasteiger partial charge in [-0.15, -0.1) is 0 Å². The van der Waals surface area contributed by atoms with E-state index in [0.717, 1.165) is 94.7 Å². The first-order valence-electron chi connectivity index (χ1n) is 23.1. The van der Waals surface area contributed by atoms with Gasteiger partial charge in [0.2, 0.25) is 0 Å². The van der Waals surface area contributed by atoms with Crippen LogP contribution in [0.5, 0.6) is 0 Å². The molecule has 262 valence electrons. The molecule has 0 bridgehead atoms. The molecule has 0 saturated heterocycles. The maximum absolute atomic E-state index is 2.75. The van der Waals surface area contributed by atoms with Gasteiger partial charge in [0.25, 0.3) is 0 Å². The highest BCUT2D eigenvalue weighted by molar-refractivity contribution is 5.11. The third-order valence-electron chi connectivity index (χ3n) is 21.4. The van der Waals surface area contributed by atoms with E-state index in [9.17, 15) is 0 Å². The molecule has 11 saturated carbocycles. The highest BCUT2D eigenvalue weighted by Crippen LogP contribution is 2.70. The van der Waals surface area contributed by atoms with Gasteiger partial charge in [-0.3, -0.25) is 0 Å². The average molecular weight is 639 g/mol. The molecule has 11 aliphatic carbocycles. The molecule has 11 fully saturated rings. The van der Waals surface area contributed by atoms with Crippen LogP contribution >= 0.6 is 0 Å². The Kier molecular flexibility index (Phi) is 7.49. The van der Waals surface area contributed by atoms with Crippen molar-refractivity contribution in [2.24, 2.45) is 124 Å². The SMILES string of the molecule is CC1(C)C2CCCCC2C2CCC(C3CCC4C(C3)C3CCCC5C(C6CCC7C(C6)C6CCCC8CCCC7C86)CCC4C53)CC21. The van der Waals surface area contributed by atoms with E-state index in [4.69, 9.17) is 0 Å². The summed E-state index contributed by atoms with van der Waals surface area (Å²) in [5.74, 6) is 22.8. The molecule has 0 heterocycles. The lowest BCUT2D eigenvalue weighted by Gasteiger charge is -2.51. The predicted octanol–water partition coefficient (Wildman–Crippen LogP) is 12.8. The van der Waals surface area contributed by atoms with Crippen LogP contribution < -0.4 is 0 Å². The Morgan fingerprint density at radius 3 is 1.51 bits per heavy atom. The summed E-state index contributed by atoms with van der Waals surface area (Å²) < 4.78 is 0. The van der Waals surface area contributed by atoms with Crippen LogP contribution in [-0.4, -0.2) is 0 Å². The predicted molar refractivity (Wildman–Crippen MR) is 194 cm³/mol. The fourth-order valence-corrected chi connectivity index (χ4v) is 20.2. The smallest absolute Gasteiger partial charge is 0.0292 e. The summed E-state index contributed by atoms with van der Waals surface area (Å²) in [4.78, 5) is 0. The van der Waals surface area contributed by atoms with Crippen LogP contribution in [0.4, 0.5) is 0 Å². The van der Waals surface area contributed by atoms with Crippen LogP contribution in [0, 0.1) is 124 Å². The molecule has 0 amide bonds. The monoisotopic (exact) mass is 639 g/mol. The van der Waals surface area contributed by atoms with Gasteiger partial charge in [-0.1, -0.05) is 58.8 Å². The van der Waals surface area contributed by atoms with E-state index < -0.39 is 0 Å². The van der Waals surface area contributed by atoms with Crippen molar-refractivity contribution in [1.82, 2.24) is 0 Å². The summed E-state index contributed by atoms with van der Waals surface area (Å²) in [6, 6.07) is 0. The van der Waals surface area contributed by atoms with Crippen molar-refractivity contribution in [1.29, 1.82) is 0 Å². The Morgan fingerprint density at radius 2 is 0.745 bits per heavy atom. The first kappa shape index (κ1) is 30.6. The Labute approximate surface area is 290 Å². The molecular formula is C47H74. The highest BCUT2D eigenvalue weighted by Gasteiger charge is 2.62. The lowest BCUT2D eigenvalue weighted by molar-refractivity contribution is -0.0171. The van der Waals surface area contributed by atoms with Gasteiger partial charge in [-0.05, 0) is 233 Å². The van der Waals surface area contributed by atoms with Gasteiger partial charge in [0.15, 0.2) is 0 Å². The van der Waals surface area contributed by atoms with Gasteiger partial charge in [0.05, 0.1) is 0 Å². The summed E-state index contributed by atoms with van der Waals surface area (Å²) >= 11 is 0. The average Bonchev–Trinajstić information content (AvgIpc) is 3.70. The van der Waals surface area contributed by atoms with E-state index in [1.54, 1.807) is 148 Å². The molecular weight excluding hydrogens is 565 g/mol. The molecule has 20 atom stereocenters. The first-order valence-corrected chi connectivity index (χ1v) is 23.1. The Balaban J connectivity index is 0.789. The standard InChI is InChI=1S/C47H74/c1-47(2)43-15-4-3-10-34(43)35-21-17-29(26-44(35)47)28-16-19-33-40-23-22-31(36-13-7-14-39(46(36)40)41(33)24-28)30-18-20-32-37-11-5-8-27-9-6-12-38(45(27)37)42(32)25-30/h27-46H,3-26H2,1-2H3. The maximum Gasteiger partial charge on any atom is -0.0292 e. The molecule has 0 nitrogen and oxygen atoms in total. The third kappa shape index (κ3) is 4.48. The molecule has 0 heteroatoms. The van der Waals surface area contributed by atoms with Gasteiger partial charge in [0, 0.05) is 0 Å². The van der Waals surface area contributed by atoms with Crippen LogP contribution in [0.3, 0.4) is 0 Å². The summed E-state index contributed by atoms with van der Waals surface area (Å²) in [7, 11) is 0. The topological polar surface area (TPSA) is 0 Å².